The van der Waals surface area contributed by atoms with Gasteiger partial charge in [0.15, 0.2) is 0 Å². The molecule has 2 aromatic carbocycles. The maximum atomic E-state index is 13.3. The van der Waals surface area contributed by atoms with Crippen LogP contribution in [0, 0.1) is 17.7 Å². The van der Waals surface area contributed by atoms with Crippen LogP contribution in [0.4, 0.5) is 15.8 Å². The SMILES string of the molecule is O=C(Nc1ccc(F)c(Cl)c1)c1ccccc1NC(=O)[C@H]1CC=CC[C@@H]1C(=O)[O-]. The third-order valence-electron chi connectivity index (χ3n) is 4.68. The number of allylic oxidation sites excluding steroid dienone is 2. The van der Waals surface area contributed by atoms with Gasteiger partial charge in [0.1, 0.15) is 5.82 Å². The molecule has 2 aromatic rings. The van der Waals surface area contributed by atoms with Crippen molar-refractivity contribution in [1.82, 2.24) is 0 Å². The zero-order chi connectivity index (χ0) is 21.0. The maximum absolute atomic E-state index is 13.3. The predicted octanol–water partition coefficient (Wildman–Crippen LogP) is 3.00. The number of rotatable bonds is 5. The van der Waals surface area contributed by atoms with Crippen molar-refractivity contribution in [2.75, 3.05) is 10.6 Å². The van der Waals surface area contributed by atoms with Crippen LogP contribution >= 0.6 is 11.6 Å². The smallest absolute Gasteiger partial charge is 0.257 e. The van der Waals surface area contributed by atoms with Crippen LogP contribution in [0.1, 0.15) is 23.2 Å². The molecule has 0 aliphatic heterocycles. The average Bonchev–Trinajstić information content (AvgIpc) is 2.71. The van der Waals surface area contributed by atoms with E-state index >= 15 is 0 Å². The highest BCUT2D eigenvalue weighted by molar-refractivity contribution is 6.31. The number of para-hydroxylation sites is 1. The summed E-state index contributed by atoms with van der Waals surface area (Å²) >= 11 is 5.73. The van der Waals surface area contributed by atoms with E-state index in [0.29, 0.717) is 0 Å². The van der Waals surface area contributed by atoms with E-state index in [0.717, 1.165) is 6.07 Å². The van der Waals surface area contributed by atoms with Crippen LogP contribution in [0.25, 0.3) is 0 Å². The Labute approximate surface area is 171 Å². The van der Waals surface area contributed by atoms with E-state index in [-0.39, 0.29) is 34.8 Å². The molecule has 0 unspecified atom stereocenters. The van der Waals surface area contributed by atoms with E-state index in [1.165, 1.54) is 24.3 Å². The van der Waals surface area contributed by atoms with Crippen LogP contribution in [-0.2, 0) is 9.59 Å². The highest BCUT2D eigenvalue weighted by Gasteiger charge is 2.30. The Morgan fingerprint density at radius 1 is 1.00 bits per heavy atom. The molecule has 3 rings (SSSR count). The molecule has 1 aliphatic carbocycles. The molecule has 0 saturated heterocycles. The Balaban J connectivity index is 1.78. The van der Waals surface area contributed by atoms with Gasteiger partial charge in [0.2, 0.25) is 5.91 Å². The minimum absolute atomic E-state index is 0.136. The third-order valence-corrected chi connectivity index (χ3v) is 4.97. The first-order valence-corrected chi connectivity index (χ1v) is 9.26. The van der Waals surface area contributed by atoms with Crippen molar-refractivity contribution in [3.63, 3.8) is 0 Å². The number of anilines is 2. The lowest BCUT2D eigenvalue weighted by atomic mass is 9.82. The maximum Gasteiger partial charge on any atom is 0.257 e. The summed E-state index contributed by atoms with van der Waals surface area (Å²) in [5, 5.41) is 16.4. The quantitative estimate of drug-likeness (QED) is 0.733. The van der Waals surface area contributed by atoms with Crippen molar-refractivity contribution < 1.29 is 23.9 Å². The zero-order valence-corrected chi connectivity index (χ0v) is 15.9. The van der Waals surface area contributed by atoms with Gasteiger partial charge in [-0.1, -0.05) is 35.9 Å². The second-order valence-corrected chi connectivity index (χ2v) is 7.00. The number of hydrogen-bond donors (Lipinski definition) is 2. The number of carbonyl (C=O) groups excluding carboxylic acids is 3. The first-order chi connectivity index (χ1) is 13.9. The number of carboxylic acids is 1. The van der Waals surface area contributed by atoms with Gasteiger partial charge in [-0.25, -0.2) is 4.39 Å². The lowest BCUT2D eigenvalue weighted by Gasteiger charge is -2.28. The van der Waals surface area contributed by atoms with Gasteiger partial charge in [-0.2, -0.15) is 0 Å². The molecule has 2 amide bonds. The third kappa shape index (κ3) is 4.81. The van der Waals surface area contributed by atoms with Crippen LogP contribution in [0.2, 0.25) is 5.02 Å². The van der Waals surface area contributed by atoms with E-state index in [1.54, 1.807) is 24.3 Å². The van der Waals surface area contributed by atoms with Gasteiger partial charge in [-0.3, -0.25) is 9.59 Å². The molecule has 0 bridgehead atoms. The first-order valence-electron chi connectivity index (χ1n) is 8.89. The fraction of sp³-hybridized carbons (Fsp3) is 0.190. The Kier molecular flexibility index (Phi) is 6.29. The zero-order valence-electron chi connectivity index (χ0n) is 15.2. The Morgan fingerprint density at radius 3 is 2.38 bits per heavy atom. The van der Waals surface area contributed by atoms with E-state index < -0.39 is 35.4 Å². The molecule has 0 fully saturated rings. The summed E-state index contributed by atoms with van der Waals surface area (Å²) in [4.78, 5) is 36.6. The summed E-state index contributed by atoms with van der Waals surface area (Å²) in [6.45, 7) is 0. The standard InChI is InChI=1S/C21H18ClFN2O4/c22-16-11-12(9-10-17(16)23)24-20(27)15-7-3-4-8-18(15)25-19(26)13-5-1-2-6-14(13)21(28)29/h1-4,7-11,13-14H,5-6H2,(H,24,27)(H,25,26)(H,28,29)/p-1/t13-,14-/m0/s1. The summed E-state index contributed by atoms with van der Waals surface area (Å²) in [6, 6.07) is 10.1. The van der Waals surface area contributed by atoms with Crippen LogP contribution in [0.5, 0.6) is 0 Å². The number of benzene rings is 2. The summed E-state index contributed by atoms with van der Waals surface area (Å²) in [5.74, 6) is -4.66. The molecular formula is C21H17ClFN2O4-. The fourth-order valence-corrected chi connectivity index (χ4v) is 3.33. The van der Waals surface area contributed by atoms with Crippen LogP contribution in [0.15, 0.2) is 54.6 Å². The molecular weight excluding hydrogens is 399 g/mol. The van der Waals surface area contributed by atoms with Crippen LogP contribution < -0.4 is 15.7 Å². The van der Waals surface area contributed by atoms with Gasteiger partial charge in [0.05, 0.1) is 22.2 Å². The highest BCUT2D eigenvalue weighted by Crippen LogP contribution is 2.28. The number of aliphatic carboxylic acids is 1. The molecule has 0 heterocycles. The molecule has 0 radical (unpaired) electrons. The molecule has 0 aromatic heterocycles. The number of hydrogen-bond acceptors (Lipinski definition) is 4. The summed E-state index contributed by atoms with van der Waals surface area (Å²) in [5.41, 5.74) is 0.685. The Hall–Kier alpha value is -3.19. The largest absolute Gasteiger partial charge is 0.550 e. The van der Waals surface area contributed by atoms with Crippen molar-refractivity contribution in [3.8, 4) is 0 Å². The highest BCUT2D eigenvalue weighted by atomic mass is 35.5. The first kappa shape index (κ1) is 20.5. The second kappa shape index (κ2) is 8.87. The molecule has 2 N–H and O–H groups in total. The molecule has 6 nitrogen and oxygen atoms in total. The minimum atomic E-state index is -1.28. The monoisotopic (exact) mass is 415 g/mol. The van der Waals surface area contributed by atoms with Crippen molar-refractivity contribution in [2.24, 2.45) is 11.8 Å². The second-order valence-electron chi connectivity index (χ2n) is 6.59. The topological polar surface area (TPSA) is 98.3 Å². The number of halogens is 2. The molecule has 29 heavy (non-hydrogen) atoms. The van der Waals surface area contributed by atoms with Crippen molar-refractivity contribution >= 4 is 40.8 Å². The van der Waals surface area contributed by atoms with E-state index in [2.05, 4.69) is 10.6 Å². The van der Waals surface area contributed by atoms with E-state index in [4.69, 9.17) is 11.6 Å². The van der Waals surface area contributed by atoms with Crippen molar-refractivity contribution in [1.29, 1.82) is 0 Å². The summed E-state index contributed by atoms with van der Waals surface area (Å²) < 4.78 is 13.3. The van der Waals surface area contributed by atoms with Gasteiger partial charge in [0, 0.05) is 17.6 Å². The van der Waals surface area contributed by atoms with Gasteiger partial charge in [-0.15, -0.1) is 0 Å². The average molecular weight is 416 g/mol. The summed E-state index contributed by atoms with van der Waals surface area (Å²) in [6.07, 6.45) is 3.95. The lowest BCUT2D eigenvalue weighted by Crippen LogP contribution is -2.41. The van der Waals surface area contributed by atoms with Crippen LogP contribution in [-0.4, -0.2) is 17.8 Å². The number of nitrogens with one attached hydrogen (secondary N) is 2. The van der Waals surface area contributed by atoms with E-state index in [9.17, 15) is 23.9 Å². The van der Waals surface area contributed by atoms with Crippen molar-refractivity contribution in [3.05, 3.63) is 71.0 Å². The summed E-state index contributed by atoms with van der Waals surface area (Å²) in [7, 11) is 0. The minimum Gasteiger partial charge on any atom is -0.550 e. The molecule has 150 valence electrons. The Bertz CT molecular complexity index is 992. The predicted molar refractivity (Wildman–Crippen MR) is 105 cm³/mol. The van der Waals surface area contributed by atoms with Gasteiger partial charge < -0.3 is 20.5 Å². The number of carboxylic acid groups (broad SMARTS) is 1. The molecule has 0 spiro atoms. The van der Waals surface area contributed by atoms with Crippen LogP contribution in [0.3, 0.4) is 0 Å². The lowest BCUT2D eigenvalue weighted by molar-refractivity contribution is -0.313. The molecule has 0 saturated carbocycles. The van der Waals surface area contributed by atoms with Gasteiger partial charge in [-0.05, 0) is 43.2 Å². The molecule has 8 heteroatoms. The Morgan fingerprint density at radius 2 is 1.69 bits per heavy atom. The normalized spacial score (nSPS) is 18.1. The van der Waals surface area contributed by atoms with Gasteiger partial charge in [0.25, 0.3) is 5.91 Å². The number of carbonyl (C=O) groups is 3. The van der Waals surface area contributed by atoms with Gasteiger partial charge >= 0.3 is 0 Å². The van der Waals surface area contributed by atoms with E-state index in [1.807, 2.05) is 0 Å². The molecule has 2 atom stereocenters. The molecule has 1 aliphatic rings. The van der Waals surface area contributed by atoms with Crippen molar-refractivity contribution in [2.45, 2.75) is 12.8 Å². The number of amides is 2. The fourth-order valence-electron chi connectivity index (χ4n) is 3.15.